The quantitative estimate of drug-likeness (QED) is 0.320. The molecule has 1 saturated heterocycles. The van der Waals surface area contributed by atoms with Gasteiger partial charge in [0.25, 0.3) is 0 Å². The Morgan fingerprint density at radius 2 is 1.89 bits per heavy atom. The molecule has 0 saturated carbocycles. The van der Waals surface area contributed by atoms with Gasteiger partial charge >= 0.3 is 0 Å². The fraction of sp³-hybridized carbons (Fsp3) is 0.650. The lowest BCUT2D eigenvalue weighted by molar-refractivity contribution is 0.213. The predicted octanol–water partition coefficient (Wildman–Crippen LogP) is 1.88. The molecule has 0 bridgehead atoms. The Balaban J connectivity index is 0.00000392. The van der Waals surface area contributed by atoms with E-state index in [9.17, 15) is 0 Å². The molecular weight excluding hydrogens is 469 g/mol. The standard InChI is InChI=1S/C20H35N5O2.HI/c1-17(27-19-9-6-5-8-18(19)26-4)16-23-20(21-2)22-10-13-25-12-7-11-24(3)14-15-25;/h5-6,8-9,17H,7,10-16H2,1-4H3,(H2,21,22,23);1H. The number of methoxy groups -OCH3 is 1. The molecule has 160 valence electrons. The molecule has 2 N–H and O–H groups in total. The Kier molecular flexibility index (Phi) is 12.2. The van der Waals surface area contributed by atoms with Gasteiger partial charge in [-0.3, -0.25) is 4.99 Å². The summed E-state index contributed by atoms with van der Waals surface area (Å²) in [6.07, 6.45) is 1.22. The van der Waals surface area contributed by atoms with Crippen molar-refractivity contribution in [2.24, 2.45) is 4.99 Å². The molecular formula is C20H36IN5O2. The van der Waals surface area contributed by atoms with Crippen LogP contribution in [0.4, 0.5) is 0 Å². The van der Waals surface area contributed by atoms with Crippen molar-refractivity contribution >= 4 is 29.9 Å². The normalized spacial score (nSPS) is 17.2. The number of halogens is 1. The Morgan fingerprint density at radius 1 is 1.14 bits per heavy atom. The second-order valence-electron chi connectivity index (χ2n) is 6.96. The monoisotopic (exact) mass is 505 g/mol. The number of para-hydroxylation sites is 2. The number of nitrogens with zero attached hydrogens (tertiary/aromatic N) is 3. The van der Waals surface area contributed by atoms with Gasteiger partial charge in [0.15, 0.2) is 17.5 Å². The van der Waals surface area contributed by atoms with Gasteiger partial charge in [0.2, 0.25) is 0 Å². The fourth-order valence-corrected chi connectivity index (χ4v) is 3.09. The molecule has 1 aromatic rings. The van der Waals surface area contributed by atoms with E-state index in [1.807, 2.05) is 31.2 Å². The number of likely N-dealkylation sites (N-methyl/N-ethyl adjacent to an activating group) is 1. The molecule has 2 rings (SSSR count). The summed E-state index contributed by atoms with van der Waals surface area (Å²) < 4.78 is 11.3. The van der Waals surface area contributed by atoms with E-state index >= 15 is 0 Å². The third-order valence-electron chi connectivity index (χ3n) is 4.71. The number of aliphatic imine (C=N–C) groups is 1. The van der Waals surface area contributed by atoms with E-state index in [1.165, 1.54) is 19.5 Å². The van der Waals surface area contributed by atoms with Crippen molar-refractivity contribution in [2.75, 3.05) is 67.0 Å². The molecule has 1 aliphatic rings. The van der Waals surface area contributed by atoms with Gasteiger partial charge in [-0.1, -0.05) is 12.1 Å². The number of rotatable bonds is 8. The van der Waals surface area contributed by atoms with Gasteiger partial charge in [-0.15, -0.1) is 24.0 Å². The first kappa shape index (κ1) is 24.8. The molecule has 1 unspecified atom stereocenters. The number of guanidine groups is 1. The minimum Gasteiger partial charge on any atom is -0.493 e. The van der Waals surface area contributed by atoms with Crippen molar-refractivity contribution in [3.8, 4) is 11.5 Å². The largest absolute Gasteiger partial charge is 0.493 e. The van der Waals surface area contributed by atoms with Crippen molar-refractivity contribution in [1.29, 1.82) is 0 Å². The summed E-state index contributed by atoms with van der Waals surface area (Å²) in [6.45, 7) is 9.23. The number of nitrogens with one attached hydrogen (secondary N) is 2. The molecule has 28 heavy (non-hydrogen) atoms. The molecule has 0 aromatic heterocycles. The van der Waals surface area contributed by atoms with E-state index in [-0.39, 0.29) is 30.1 Å². The van der Waals surface area contributed by atoms with E-state index in [0.29, 0.717) is 6.54 Å². The van der Waals surface area contributed by atoms with Crippen molar-refractivity contribution in [1.82, 2.24) is 20.4 Å². The Hall–Kier alpha value is -1.26. The molecule has 1 aromatic carbocycles. The van der Waals surface area contributed by atoms with Crippen molar-refractivity contribution < 1.29 is 9.47 Å². The smallest absolute Gasteiger partial charge is 0.191 e. The Labute approximate surface area is 186 Å². The Morgan fingerprint density at radius 3 is 2.61 bits per heavy atom. The van der Waals surface area contributed by atoms with Gasteiger partial charge in [-0.2, -0.15) is 0 Å². The lowest BCUT2D eigenvalue weighted by atomic mass is 10.3. The molecule has 1 atom stereocenters. The first-order valence-corrected chi connectivity index (χ1v) is 9.77. The van der Waals surface area contributed by atoms with E-state index in [2.05, 4.69) is 32.5 Å². The summed E-state index contributed by atoms with van der Waals surface area (Å²) in [5, 5.41) is 6.72. The fourth-order valence-electron chi connectivity index (χ4n) is 3.09. The van der Waals surface area contributed by atoms with E-state index in [1.54, 1.807) is 14.2 Å². The summed E-state index contributed by atoms with van der Waals surface area (Å²) in [5.74, 6) is 2.30. The molecule has 1 heterocycles. The Bertz CT molecular complexity index is 587. The number of ether oxygens (including phenoxy) is 2. The highest BCUT2D eigenvalue weighted by Crippen LogP contribution is 2.26. The van der Waals surface area contributed by atoms with Crippen LogP contribution in [0.5, 0.6) is 11.5 Å². The SMILES string of the molecule is CN=C(NCCN1CCCN(C)CC1)NCC(C)Oc1ccccc1OC.I. The predicted molar refractivity (Wildman–Crippen MR) is 126 cm³/mol. The average Bonchev–Trinajstić information content (AvgIpc) is 2.89. The highest BCUT2D eigenvalue weighted by molar-refractivity contribution is 14.0. The van der Waals surface area contributed by atoms with Crippen molar-refractivity contribution in [3.05, 3.63) is 24.3 Å². The maximum absolute atomic E-state index is 5.97. The number of benzene rings is 1. The molecule has 1 fully saturated rings. The van der Waals surface area contributed by atoms with Crippen molar-refractivity contribution in [2.45, 2.75) is 19.4 Å². The van der Waals surface area contributed by atoms with Crippen LogP contribution in [0.15, 0.2) is 29.3 Å². The highest BCUT2D eigenvalue weighted by Gasteiger charge is 2.12. The maximum atomic E-state index is 5.97. The second kappa shape index (κ2) is 13.8. The molecule has 0 spiro atoms. The van der Waals surface area contributed by atoms with Gasteiger partial charge in [-0.05, 0) is 45.6 Å². The van der Waals surface area contributed by atoms with Gasteiger partial charge in [0.05, 0.1) is 13.7 Å². The number of hydrogen-bond donors (Lipinski definition) is 2. The van der Waals surface area contributed by atoms with E-state index < -0.39 is 0 Å². The van der Waals surface area contributed by atoms with Crippen LogP contribution < -0.4 is 20.1 Å². The van der Waals surface area contributed by atoms with Crippen LogP contribution >= 0.6 is 24.0 Å². The lowest BCUT2D eigenvalue weighted by Crippen LogP contribution is -2.44. The lowest BCUT2D eigenvalue weighted by Gasteiger charge is -2.22. The van der Waals surface area contributed by atoms with E-state index in [0.717, 1.165) is 43.6 Å². The van der Waals surface area contributed by atoms with Gasteiger partial charge in [0.1, 0.15) is 6.10 Å². The summed E-state index contributed by atoms with van der Waals surface area (Å²) in [4.78, 5) is 9.21. The average molecular weight is 505 g/mol. The van der Waals surface area contributed by atoms with Crippen LogP contribution in [0.25, 0.3) is 0 Å². The third kappa shape index (κ3) is 8.83. The maximum Gasteiger partial charge on any atom is 0.191 e. The highest BCUT2D eigenvalue weighted by atomic mass is 127. The van der Waals surface area contributed by atoms with Gasteiger partial charge in [0, 0.05) is 33.2 Å². The topological polar surface area (TPSA) is 61.4 Å². The molecule has 0 aliphatic carbocycles. The zero-order valence-corrected chi connectivity index (χ0v) is 19.9. The van der Waals surface area contributed by atoms with Crippen LogP contribution in [-0.4, -0.2) is 88.9 Å². The molecule has 8 heteroatoms. The van der Waals surface area contributed by atoms with Crippen LogP contribution in [0.1, 0.15) is 13.3 Å². The molecule has 7 nitrogen and oxygen atoms in total. The van der Waals surface area contributed by atoms with Crippen LogP contribution in [0, 0.1) is 0 Å². The zero-order valence-electron chi connectivity index (χ0n) is 17.6. The third-order valence-corrected chi connectivity index (χ3v) is 4.71. The zero-order chi connectivity index (χ0) is 19.5. The van der Waals surface area contributed by atoms with Gasteiger partial charge < -0.3 is 29.9 Å². The van der Waals surface area contributed by atoms with Gasteiger partial charge in [-0.25, -0.2) is 0 Å². The first-order chi connectivity index (χ1) is 13.1. The molecule has 1 aliphatic heterocycles. The summed E-state index contributed by atoms with van der Waals surface area (Å²) in [6, 6.07) is 7.69. The molecule has 0 radical (unpaired) electrons. The minimum absolute atomic E-state index is 0. The summed E-state index contributed by atoms with van der Waals surface area (Å²) in [5.41, 5.74) is 0. The van der Waals surface area contributed by atoms with Crippen LogP contribution in [0.3, 0.4) is 0 Å². The van der Waals surface area contributed by atoms with E-state index in [4.69, 9.17) is 9.47 Å². The van der Waals surface area contributed by atoms with Crippen LogP contribution in [-0.2, 0) is 0 Å². The summed E-state index contributed by atoms with van der Waals surface area (Å²) in [7, 11) is 5.64. The first-order valence-electron chi connectivity index (χ1n) is 9.77. The summed E-state index contributed by atoms with van der Waals surface area (Å²) >= 11 is 0. The van der Waals surface area contributed by atoms with Crippen molar-refractivity contribution in [3.63, 3.8) is 0 Å². The minimum atomic E-state index is -0.0130. The second-order valence-corrected chi connectivity index (χ2v) is 6.96. The molecule has 0 amide bonds. The number of hydrogen-bond acceptors (Lipinski definition) is 5. The van der Waals surface area contributed by atoms with Crippen LogP contribution in [0.2, 0.25) is 0 Å².